The van der Waals surface area contributed by atoms with Gasteiger partial charge >= 0.3 is 0 Å². The second-order valence-corrected chi connectivity index (χ2v) is 7.66. The van der Waals surface area contributed by atoms with Gasteiger partial charge in [-0.05, 0) is 36.3 Å². The Balaban J connectivity index is 3.86. The lowest BCUT2D eigenvalue weighted by atomic mass is 10.8. The van der Waals surface area contributed by atoms with E-state index in [4.69, 9.17) is 38.8 Å². The number of rotatable bonds is 3. The average molecular weight is 225 g/mol. The molecule has 2 atom stereocenters. The summed E-state index contributed by atoms with van der Waals surface area (Å²) in [6, 6.07) is 0. The van der Waals surface area contributed by atoms with Crippen molar-refractivity contribution in [1.29, 1.82) is 0 Å². The quantitative estimate of drug-likeness (QED) is 0.542. The minimum atomic E-state index is -3.17. The molecule has 0 radical (unpaired) electrons. The summed E-state index contributed by atoms with van der Waals surface area (Å²) in [5, 5.41) is 0. The van der Waals surface area contributed by atoms with Gasteiger partial charge in [0, 0.05) is 0 Å². The summed E-state index contributed by atoms with van der Waals surface area (Å²) in [7, 11) is 0. The Morgan fingerprint density at radius 2 is 1.80 bits per heavy atom. The third kappa shape index (κ3) is 4.81. The number of alkyl halides is 1. The van der Waals surface area contributed by atoms with Crippen LogP contribution in [0.1, 0.15) is 13.8 Å². The number of halogens is 3. The zero-order valence-electron chi connectivity index (χ0n) is 5.55. The molecule has 0 aromatic carbocycles. The molecule has 0 saturated heterocycles. The molecule has 0 aromatic heterocycles. The van der Waals surface area contributed by atoms with E-state index >= 15 is 0 Å². The van der Waals surface area contributed by atoms with E-state index in [2.05, 4.69) is 0 Å². The molecule has 0 aliphatic carbocycles. The SMILES string of the molecule is CC(Cl)OC(C)P(=O)(Cl)Cl. The monoisotopic (exact) mass is 224 g/mol. The van der Waals surface area contributed by atoms with E-state index in [9.17, 15) is 4.57 Å². The molecular weight excluding hydrogens is 217 g/mol. The van der Waals surface area contributed by atoms with E-state index < -0.39 is 17.3 Å². The van der Waals surface area contributed by atoms with Crippen LogP contribution in [0.4, 0.5) is 0 Å². The summed E-state index contributed by atoms with van der Waals surface area (Å²) in [5.74, 6) is -3.88. The van der Waals surface area contributed by atoms with Gasteiger partial charge in [0.25, 0.3) is 5.85 Å². The van der Waals surface area contributed by atoms with Gasteiger partial charge in [-0.15, -0.1) is 0 Å². The maximum atomic E-state index is 10.8. The van der Waals surface area contributed by atoms with Crippen molar-refractivity contribution in [3.63, 3.8) is 0 Å². The number of hydrogen-bond donors (Lipinski definition) is 0. The molecule has 0 rings (SSSR count). The molecule has 0 N–H and O–H groups in total. The molecule has 0 aliphatic rings. The first-order valence-corrected chi connectivity index (χ1v) is 6.65. The van der Waals surface area contributed by atoms with Crippen molar-refractivity contribution in [2.45, 2.75) is 25.3 Å². The van der Waals surface area contributed by atoms with E-state index in [-0.39, 0.29) is 0 Å². The van der Waals surface area contributed by atoms with Crippen molar-refractivity contribution < 1.29 is 9.30 Å². The zero-order valence-corrected chi connectivity index (χ0v) is 8.71. The van der Waals surface area contributed by atoms with Crippen molar-refractivity contribution >= 4 is 39.9 Å². The number of ether oxygens (including phenoxy) is 1. The summed E-state index contributed by atoms with van der Waals surface area (Å²) in [4.78, 5) is 0. The standard InChI is InChI=1S/C4H8Cl3O2P/c1-3(5)9-4(2)10(6,7)8/h3-4H,1-2H3. The lowest BCUT2D eigenvalue weighted by molar-refractivity contribution is 0.103. The molecule has 0 heterocycles. The van der Waals surface area contributed by atoms with Crippen LogP contribution >= 0.6 is 39.9 Å². The molecule has 2 unspecified atom stereocenters. The predicted molar refractivity (Wildman–Crippen MR) is 45.2 cm³/mol. The van der Waals surface area contributed by atoms with E-state index in [0.29, 0.717) is 0 Å². The van der Waals surface area contributed by atoms with Crippen LogP contribution in [0.25, 0.3) is 0 Å². The van der Waals surface area contributed by atoms with E-state index in [1.165, 1.54) is 6.92 Å². The van der Waals surface area contributed by atoms with Crippen molar-refractivity contribution in [1.82, 2.24) is 0 Å². The molecule has 10 heavy (non-hydrogen) atoms. The molecule has 0 amide bonds. The second-order valence-electron chi connectivity index (χ2n) is 1.78. The summed E-state index contributed by atoms with van der Waals surface area (Å²) in [6.45, 7) is 3.11. The van der Waals surface area contributed by atoms with Crippen LogP contribution in [-0.2, 0) is 9.30 Å². The zero-order chi connectivity index (χ0) is 8.36. The van der Waals surface area contributed by atoms with Gasteiger partial charge in [-0.25, -0.2) is 0 Å². The predicted octanol–water partition coefficient (Wildman–Crippen LogP) is 3.60. The van der Waals surface area contributed by atoms with E-state index in [1.54, 1.807) is 6.92 Å². The molecule has 62 valence electrons. The molecular formula is C4H8Cl3O2P. The van der Waals surface area contributed by atoms with Gasteiger partial charge in [0.15, 0.2) is 0 Å². The highest BCUT2D eigenvalue weighted by molar-refractivity contribution is 8.08. The molecule has 0 fully saturated rings. The van der Waals surface area contributed by atoms with Crippen LogP contribution < -0.4 is 0 Å². The van der Waals surface area contributed by atoms with Crippen molar-refractivity contribution in [2.75, 3.05) is 0 Å². The van der Waals surface area contributed by atoms with Crippen LogP contribution in [0.3, 0.4) is 0 Å². The van der Waals surface area contributed by atoms with Gasteiger partial charge in [0.1, 0.15) is 11.4 Å². The van der Waals surface area contributed by atoms with Crippen molar-refractivity contribution in [2.24, 2.45) is 0 Å². The van der Waals surface area contributed by atoms with Crippen LogP contribution in [-0.4, -0.2) is 11.4 Å². The minimum absolute atomic E-state index is 0.527. The highest BCUT2D eigenvalue weighted by Crippen LogP contribution is 2.61. The van der Waals surface area contributed by atoms with Gasteiger partial charge in [-0.3, -0.25) is 4.57 Å². The smallest absolute Gasteiger partial charge is 0.280 e. The van der Waals surface area contributed by atoms with Crippen molar-refractivity contribution in [3.8, 4) is 0 Å². The maximum Gasteiger partial charge on any atom is 0.280 e. The van der Waals surface area contributed by atoms with Gasteiger partial charge in [-0.1, -0.05) is 11.6 Å². The first kappa shape index (κ1) is 11.1. The van der Waals surface area contributed by atoms with Gasteiger partial charge < -0.3 is 4.74 Å². The normalized spacial score (nSPS) is 18.5. The summed E-state index contributed by atoms with van der Waals surface area (Å²) < 4.78 is 15.7. The highest BCUT2D eigenvalue weighted by Gasteiger charge is 2.25. The average Bonchev–Trinajstić information content (AvgIpc) is 1.60. The van der Waals surface area contributed by atoms with Crippen LogP contribution in [0.5, 0.6) is 0 Å². The fraction of sp³-hybridized carbons (Fsp3) is 1.00. The van der Waals surface area contributed by atoms with Crippen LogP contribution in [0, 0.1) is 0 Å². The molecule has 2 nitrogen and oxygen atoms in total. The summed E-state index contributed by atoms with van der Waals surface area (Å²) in [5.41, 5.74) is -0.527. The van der Waals surface area contributed by atoms with Gasteiger partial charge in [0.05, 0.1) is 0 Å². The highest BCUT2D eigenvalue weighted by atomic mass is 35.9. The topological polar surface area (TPSA) is 26.3 Å². The second kappa shape index (κ2) is 4.18. The first-order valence-electron chi connectivity index (χ1n) is 2.62. The fourth-order valence-electron chi connectivity index (χ4n) is 0.342. The molecule has 0 spiro atoms. The van der Waals surface area contributed by atoms with E-state index in [0.717, 1.165) is 0 Å². The lowest BCUT2D eigenvalue weighted by Gasteiger charge is -2.14. The maximum absolute atomic E-state index is 10.8. The van der Waals surface area contributed by atoms with Gasteiger partial charge in [-0.2, -0.15) is 0 Å². The van der Waals surface area contributed by atoms with Crippen LogP contribution in [0.15, 0.2) is 0 Å². The minimum Gasteiger partial charge on any atom is -0.350 e. The Bertz CT molecular complexity index is 143. The molecule has 0 aromatic rings. The Morgan fingerprint density at radius 1 is 1.40 bits per heavy atom. The molecule has 6 heteroatoms. The summed E-state index contributed by atoms with van der Waals surface area (Å²) in [6.07, 6.45) is 0. The van der Waals surface area contributed by atoms with Crippen LogP contribution in [0.2, 0.25) is 0 Å². The fourth-order valence-corrected chi connectivity index (χ4v) is 1.17. The molecule has 0 aliphatic heterocycles. The van der Waals surface area contributed by atoms with Gasteiger partial charge in [0.2, 0.25) is 0 Å². The van der Waals surface area contributed by atoms with E-state index in [1.807, 2.05) is 0 Å². The largest absolute Gasteiger partial charge is 0.350 e. The molecule has 0 bridgehead atoms. The first-order chi connectivity index (χ1) is 4.34. The Morgan fingerprint density at radius 3 is 1.90 bits per heavy atom. The Hall–Kier alpha value is 1.06. The lowest BCUT2D eigenvalue weighted by Crippen LogP contribution is -2.08. The molecule has 0 saturated carbocycles. The number of hydrogen-bond acceptors (Lipinski definition) is 2. The Kier molecular flexibility index (Phi) is 4.62. The third-order valence-electron chi connectivity index (χ3n) is 0.808. The summed E-state index contributed by atoms with van der Waals surface area (Å²) >= 11 is 15.9. The third-order valence-corrected chi connectivity index (χ3v) is 3.53. The van der Waals surface area contributed by atoms with Crippen molar-refractivity contribution in [3.05, 3.63) is 0 Å². The Labute approximate surface area is 74.7 Å².